The summed E-state index contributed by atoms with van der Waals surface area (Å²) in [6, 6.07) is 5.07. The van der Waals surface area contributed by atoms with Crippen molar-refractivity contribution < 1.29 is 9.53 Å². The van der Waals surface area contributed by atoms with E-state index in [4.69, 9.17) is 10.5 Å². The van der Waals surface area contributed by atoms with Crippen LogP contribution in [0.3, 0.4) is 0 Å². The molecule has 0 saturated heterocycles. The normalized spacial score (nSPS) is 9.75. The monoisotopic (exact) mass is 166 g/mol. The van der Waals surface area contributed by atoms with Crippen LogP contribution in [0.4, 0.5) is 0 Å². The molecule has 0 aliphatic heterocycles. The highest BCUT2D eigenvalue weighted by atomic mass is 16.5. The van der Waals surface area contributed by atoms with Crippen LogP contribution in [-0.2, 0) is 11.3 Å². The maximum atomic E-state index is 10.7. The number of ether oxygens (including phenoxy) is 1. The summed E-state index contributed by atoms with van der Waals surface area (Å²) in [6.07, 6.45) is 0. The van der Waals surface area contributed by atoms with E-state index in [0.29, 0.717) is 12.3 Å². The van der Waals surface area contributed by atoms with Crippen LogP contribution < -0.4 is 5.73 Å². The Morgan fingerprint density at radius 3 is 3.00 bits per heavy atom. The van der Waals surface area contributed by atoms with Crippen molar-refractivity contribution in [2.45, 2.75) is 6.61 Å². The van der Waals surface area contributed by atoms with E-state index < -0.39 is 5.91 Å². The third-order valence-corrected chi connectivity index (χ3v) is 1.35. The lowest BCUT2D eigenvalue weighted by Gasteiger charge is -1.99. The van der Waals surface area contributed by atoms with Gasteiger partial charge in [-0.3, -0.25) is 4.79 Å². The van der Waals surface area contributed by atoms with Crippen LogP contribution in [0.15, 0.2) is 18.2 Å². The molecular formula is C8H10N2O2. The molecule has 64 valence electrons. The van der Waals surface area contributed by atoms with Gasteiger partial charge in [-0.05, 0) is 12.1 Å². The predicted octanol–water partition coefficient (Wildman–Crippen LogP) is 0.327. The number of carbonyl (C=O) groups is 1. The molecule has 0 aromatic carbocycles. The fourth-order valence-corrected chi connectivity index (χ4v) is 0.845. The molecule has 1 rings (SSSR count). The number of nitrogens with zero attached hydrogens (tertiary/aromatic N) is 1. The Kier molecular flexibility index (Phi) is 2.76. The average molecular weight is 166 g/mol. The zero-order valence-electron chi connectivity index (χ0n) is 6.78. The molecule has 0 unspecified atom stereocenters. The number of carbonyl (C=O) groups excluding carboxylic acids is 1. The second-order valence-electron chi connectivity index (χ2n) is 2.31. The zero-order chi connectivity index (χ0) is 8.97. The molecule has 2 N–H and O–H groups in total. The van der Waals surface area contributed by atoms with Crippen molar-refractivity contribution in [1.29, 1.82) is 0 Å². The Balaban J connectivity index is 2.88. The third kappa shape index (κ3) is 2.03. The molecule has 12 heavy (non-hydrogen) atoms. The predicted molar refractivity (Wildman–Crippen MR) is 43.5 cm³/mol. The largest absolute Gasteiger partial charge is 0.378 e. The second-order valence-corrected chi connectivity index (χ2v) is 2.31. The van der Waals surface area contributed by atoms with Gasteiger partial charge >= 0.3 is 0 Å². The first-order chi connectivity index (χ1) is 5.74. The first-order valence-electron chi connectivity index (χ1n) is 3.48. The molecule has 0 spiro atoms. The number of hydrogen-bond donors (Lipinski definition) is 1. The maximum absolute atomic E-state index is 10.7. The van der Waals surface area contributed by atoms with Crippen LogP contribution in [0.25, 0.3) is 0 Å². The van der Waals surface area contributed by atoms with E-state index in [2.05, 4.69) is 4.98 Å². The summed E-state index contributed by atoms with van der Waals surface area (Å²) in [4.78, 5) is 14.6. The number of hydrogen-bond acceptors (Lipinski definition) is 3. The fourth-order valence-electron chi connectivity index (χ4n) is 0.845. The molecule has 0 aliphatic rings. The molecule has 1 aromatic rings. The summed E-state index contributed by atoms with van der Waals surface area (Å²) in [5.41, 5.74) is 6.01. The Bertz CT molecular complexity index is 286. The lowest BCUT2D eigenvalue weighted by molar-refractivity contribution is 0.0994. The first kappa shape index (κ1) is 8.67. The Labute approximate surface area is 70.4 Å². The van der Waals surface area contributed by atoms with Gasteiger partial charge in [-0.1, -0.05) is 6.07 Å². The lowest BCUT2D eigenvalue weighted by Crippen LogP contribution is -2.13. The molecule has 0 saturated carbocycles. The van der Waals surface area contributed by atoms with Gasteiger partial charge < -0.3 is 10.5 Å². The van der Waals surface area contributed by atoms with Crippen LogP contribution in [0, 0.1) is 0 Å². The number of pyridine rings is 1. The van der Waals surface area contributed by atoms with Crippen molar-refractivity contribution in [2.75, 3.05) is 7.11 Å². The Morgan fingerprint density at radius 2 is 2.42 bits per heavy atom. The van der Waals surface area contributed by atoms with Crippen LogP contribution in [0.2, 0.25) is 0 Å². The summed E-state index contributed by atoms with van der Waals surface area (Å²) < 4.78 is 4.85. The molecule has 0 atom stereocenters. The van der Waals surface area contributed by atoms with Gasteiger partial charge in [0.05, 0.1) is 12.3 Å². The van der Waals surface area contributed by atoms with Crippen LogP contribution in [0.5, 0.6) is 0 Å². The van der Waals surface area contributed by atoms with E-state index in [1.807, 2.05) is 0 Å². The summed E-state index contributed by atoms with van der Waals surface area (Å²) in [5, 5.41) is 0. The molecule has 4 nitrogen and oxygen atoms in total. The van der Waals surface area contributed by atoms with E-state index in [1.165, 1.54) is 0 Å². The van der Waals surface area contributed by atoms with Crippen LogP contribution >= 0.6 is 0 Å². The SMILES string of the molecule is COCc1cccc(C(N)=O)n1. The quantitative estimate of drug-likeness (QED) is 0.703. The van der Waals surface area contributed by atoms with Gasteiger partial charge in [-0.25, -0.2) is 4.98 Å². The minimum absolute atomic E-state index is 0.268. The molecule has 1 aromatic heterocycles. The highest BCUT2D eigenvalue weighted by Crippen LogP contribution is 1.99. The van der Waals surface area contributed by atoms with Gasteiger partial charge in [0, 0.05) is 7.11 Å². The smallest absolute Gasteiger partial charge is 0.267 e. The molecule has 1 amide bonds. The molecular weight excluding hydrogens is 156 g/mol. The Hall–Kier alpha value is -1.42. The van der Waals surface area contributed by atoms with Gasteiger partial charge in [0.15, 0.2) is 0 Å². The van der Waals surface area contributed by atoms with Crippen LogP contribution in [0.1, 0.15) is 16.2 Å². The number of methoxy groups -OCH3 is 1. The molecule has 1 heterocycles. The van der Waals surface area contributed by atoms with Crippen molar-refractivity contribution in [1.82, 2.24) is 4.98 Å². The molecule has 0 aliphatic carbocycles. The highest BCUT2D eigenvalue weighted by Gasteiger charge is 2.01. The summed E-state index contributed by atoms with van der Waals surface area (Å²) in [6.45, 7) is 0.390. The van der Waals surface area contributed by atoms with E-state index in [9.17, 15) is 4.79 Å². The van der Waals surface area contributed by atoms with Crippen molar-refractivity contribution in [3.05, 3.63) is 29.6 Å². The molecule has 4 heteroatoms. The van der Waals surface area contributed by atoms with Crippen molar-refractivity contribution >= 4 is 5.91 Å². The summed E-state index contributed by atoms with van der Waals surface area (Å²) in [5.74, 6) is -0.520. The first-order valence-corrected chi connectivity index (χ1v) is 3.48. The number of amides is 1. The standard InChI is InChI=1S/C8H10N2O2/c1-12-5-6-3-2-4-7(10-6)8(9)11/h2-4H,5H2,1H3,(H2,9,11). The van der Waals surface area contributed by atoms with Gasteiger partial charge in [0.1, 0.15) is 5.69 Å². The zero-order valence-corrected chi connectivity index (χ0v) is 6.78. The van der Waals surface area contributed by atoms with Gasteiger partial charge in [0.25, 0.3) is 5.91 Å². The number of nitrogens with two attached hydrogens (primary N) is 1. The topological polar surface area (TPSA) is 65.2 Å². The van der Waals surface area contributed by atoms with Gasteiger partial charge in [-0.15, -0.1) is 0 Å². The van der Waals surface area contributed by atoms with E-state index in [0.717, 1.165) is 0 Å². The fraction of sp³-hybridized carbons (Fsp3) is 0.250. The number of rotatable bonds is 3. The molecule has 0 radical (unpaired) electrons. The molecule has 0 fully saturated rings. The van der Waals surface area contributed by atoms with E-state index >= 15 is 0 Å². The van der Waals surface area contributed by atoms with Crippen molar-refractivity contribution in [3.8, 4) is 0 Å². The number of primary amides is 1. The third-order valence-electron chi connectivity index (χ3n) is 1.35. The lowest BCUT2D eigenvalue weighted by atomic mass is 10.3. The Morgan fingerprint density at radius 1 is 1.67 bits per heavy atom. The van der Waals surface area contributed by atoms with E-state index in [-0.39, 0.29) is 5.69 Å². The summed E-state index contributed by atoms with van der Waals surface area (Å²) in [7, 11) is 1.57. The highest BCUT2D eigenvalue weighted by molar-refractivity contribution is 5.90. The van der Waals surface area contributed by atoms with Crippen molar-refractivity contribution in [3.63, 3.8) is 0 Å². The minimum Gasteiger partial charge on any atom is -0.378 e. The number of aromatic nitrogens is 1. The average Bonchev–Trinajstić information content (AvgIpc) is 2.05. The maximum Gasteiger partial charge on any atom is 0.267 e. The van der Waals surface area contributed by atoms with Gasteiger partial charge in [0.2, 0.25) is 0 Å². The van der Waals surface area contributed by atoms with E-state index in [1.54, 1.807) is 25.3 Å². The minimum atomic E-state index is -0.520. The van der Waals surface area contributed by atoms with Crippen molar-refractivity contribution in [2.24, 2.45) is 5.73 Å². The second kappa shape index (κ2) is 3.82. The molecule has 0 bridgehead atoms. The summed E-state index contributed by atoms with van der Waals surface area (Å²) >= 11 is 0. The van der Waals surface area contributed by atoms with Gasteiger partial charge in [-0.2, -0.15) is 0 Å². The van der Waals surface area contributed by atoms with Crippen LogP contribution in [-0.4, -0.2) is 18.0 Å².